The molecule has 0 unspecified atom stereocenters. The average molecular weight is 402 g/mol. The Morgan fingerprint density at radius 1 is 1.42 bits per heavy atom. The van der Waals surface area contributed by atoms with Crippen LogP contribution in [-0.2, 0) is 30.6 Å². The Bertz CT molecular complexity index is 840. The zero-order valence-corrected chi connectivity index (χ0v) is 15.9. The number of carbonyl (C=O) groups is 2. The molecule has 142 valence electrons. The van der Waals surface area contributed by atoms with Crippen molar-refractivity contribution in [3.63, 3.8) is 0 Å². The first kappa shape index (κ1) is 19.0. The van der Waals surface area contributed by atoms with Crippen molar-refractivity contribution in [3.05, 3.63) is 28.8 Å². The van der Waals surface area contributed by atoms with Gasteiger partial charge in [-0.3, -0.25) is 9.59 Å². The fourth-order valence-corrected chi connectivity index (χ4v) is 5.54. The quantitative estimate of drug-likeness (QED) is 0.759. The zero-order valence-electron chi connectivity index (χ0n) is 14.3. The number of sulfone groups is 1. The molecule has 0 aromatic heterocycles. The Hall–Kier alpha value is -1.80. The van der Waals surface area contributed by atoms with Gasteiger partial charge in [-0.05, 0) is 43.5 Å². The minimum absolute atomic E-state index is 0.0466. The molecule has 1 saturated heterocycles. The van der Waals surface area contributed by atoms with E-state index in [1.165, 1.54) is 0 Å². The van der Waals surface area contributed by atoms with Crippen LogP contribution in [-0.4, -0.2) is 50.6 Å². The van der Waals surface area contributed by atoms with Crippen LogP contribution >= 0.6 is 11.6 Å². The van der Waals surface area contributed by atoms with Gasteiger partial charge < -0.3 is 14.8 Å². The molecule has 0 bridgehead atoms. The van der Waals surface area contributed by atoms with Crippen molar-refractivity contribution < 1.29 is 27.5 Å². The SMILES string of the molecule is C[C@@]1(NC(=O)COC(=O)[C@@H]2COc3ccc(Cl)cc3C2)CCS(=O)(=O)C1. The topological polar surface area (TPSA) is 98.8 Å². The number of halogens is 1. The number of benzene rings is 1. The highest BCUT2D eigenvalue weighted by atomic mass is 35.5. The highest BCUT2D eigenvalue weighted by molar-refractivity contribution is 7.91. The summed E-state index contributed by atoms with van der Waals surface area (Å²) in [6.07, 6.45) is 0.773. The van der Waals surface area contributed by atoms with Crippen LogP contribution in [0.15, 0.2) is 18.2 Å². The monoisotopic (exact) mass is 401 g/mol. The van der Waals surface area contributed by atoms with Gasteiger partial charge in [-0.25, -0.2) is 8.42 Å². The van der Waals surface area contributed by atoms with Gasteiger partial charge in [0.25, 0.3) is 5.91 Å². The van der Waals surface area contributed by atoms with Crippen LogP contribution in [0.1, 0.15) is 18.9 Å². The maximum atomic E-state index is 12.2. The summed E-state index contributed by atoms with van der Waals surface area (Å²) >= 11 is 5.95. The molecule has 2 atom stereocenters. The van der Waals surface area contributed by atoms with Crippen LogP contribution in [0.25, 0.3) is 0 Å². The number of rotatable bonds is 4. The maximum absolute atomic E-state index is 12.2. The standard InChI is InChI=1S/C17H20ClNO6S/c1-17(4-5-26(22,23)10-17)19-15(20)9-25-16(21)12-6-11-7-13(18)2-3-14(11)24-8-12/h2-3,7,12H,4-6,8-10H2,1H3,(H,19,20)/t12-,17+/m0/s1. The van der Waals surface area contributed by atoms with Gasteiger partial charge in [-0.1, -0.05) is 11.6 Å². The van der Waals surface area contributed by atoms with Crippen LogP contribution < -0.4 is 10.1 Å². The molecule has 0 aliphatic carbocycles. The summed E-state index contributed by atoms with van der Waals surface area (Å²) in [5.41, 5.74) is 0.00483. The Balaban J connectivity index is 1.51. The molecule has 0 saturated carbocycles. The van der Waals surface area contributed by atoms with E-state index < -0.39 is 39.8 Å². The number of carbonyl (C=O) groups excluding carboxylic acids is 2. The molecule has 26 heavy (non-hydrogen) atoms. The third-order valence-electron chi connectivity index (χ3n) is 4.55. The second-order valence-corrected chi connectivity index (χ2v) is 9.64. The van der Waals surface area contributed by atoms with Crippen molar-refractivity contribution in [2.24, 2.45) is 5.92 Å². The summed E-state index contributed by atoms with van der Waals surface area (Å²) < 4.78 is 33.8. The molecule has 1 aromatic rings. The first-order chi connectivity index (χ1) is 12.2. The van der Waals surface area contributed by atoms with Crippen molar-refractivity contribution in [2.75, 3.05) is 24.7 Å². The normalized spacial score (nSPS) is 26.5. The van der Waals surface area contributed by atoms with E-state index in [-0.39, 0.29) is 18.1 Å². The lowest BCUT2D eigenvalue weighted by molar-refractivity contribution is -0.154. The van der Waals surface area contributed by atoms with Crippen LogP contribution in [0.2, 0.25) is 5.02 Å². The fraction of sp³-hybridized carbons (Fsp3) is 0.529. The number of hydrogen-bond donors (Lipinski definition) is 1. The van der Waals surface area contributed by atoms with Gasteiger partial charge >= 0.3 is 5.97 Å². The molecule has 1 N–H and O–H groups in total. The molecule has 1 fully saturated rings. The summed E-state index contributed by atoms with van der Waals surface area (Å²) in [5, 5.41) is 3.20. The van der Waals surface area contributed by atoms with Crippen LogP contribution in [0, 0.1) is 5.92 Å². The number of ether oxygens (including phenoxy) is 2. The van der Waals surface area contributed by atoms with E-state index in [0.29, 0.717) is 23.6 Å². The summed E-state index contributed by atoms with van der Waals surface area (Å²) in [6, 6.07) is 5.21. The Morgan fingerprint density at radius 3 is 2.88 bits per heavy atom. The molecule has 1 amide bonds. The van der Waals surface area contributed by atoms with E-state index in [4.69, 9.17) is 21.1 Å². The summed E-state index contributed by atoms with van der Waals surface area (Å²) in [6.45, 7) is 1.39. The molecular weight excluding hydrogens is 382 g/mol. The first-order valence-electron chi connectivity index (χ1n) is 8.25. The molecule has 2 aliphatic rings. The van der Waals surface area contributed by atoms with Crippen molar-refractivity contribution in [1.29, 1.82) is 0 Å². The maximum Gasteiger partial charge on any atom is 0.313 e. The molecular formula is C17H20ClNO6S. The third kappa shape index (κ3) is 4.48. The lowest BCUT2D eigenvalue weighted by atomic mass is 9.97. The predicted molar refractivity (Wildman–Crippen MR) is 94.9 cm³/mol. The molecule has 9 heteroatoms. The average Bonchev–Trinajstić information content (AvgIpc) is 2.84. The Labute approximate surface area is 156 Å². The van der Waals surface area contributed by atoms with Gasteiger partial charge in [0, 0.05) is 5.02 Å². The van der Waals surface area contributed by atoms with Crippen LogP contribution in [0.4, 0.5) is 0 Å². The van der Waals surface area contributed by atoms with Gasteiger partial charge in [0.2, 0.25) is 0 Å². The zero-order chi connectivity index (χ0) is 18.9. The van der Waals surface area contributed by atoms with E-state index >= 15 is 0 Å². The number of esters is 1. The smallest absolute Gasteiger partial charge is 0.313 e. The largest absolute Gasteiger partial charge is 0.492 e. The number of hydrogen-bond acceptors (Lipinski definition) is 6. The second-order valence-electron chi connectivity index (χ2n) is 7.02. The van der Waals surface area contributed by atoms with E-state index in [1.54, 1.807) is 25.1 Å². The van der Waals surface area contributed by atoms with Gasteiger partial charge in [0.05, 0.1) is 23.0 Å². The van der Waals surface area contributed by atoms with Gasteiger partial charge in [-0.2, -0.15) is 0 Å². The lowest BCUT2D eigenvalue weighted by Crippen LogP contribution is -2.48. The molecule has 2 aliphatic heterocycles. The van der Waals surface area contributed by atoms with Crippen molar-refractivity contribution in [3.8, 4) is 5.75 Å². The summed E-state index contributed by atoms with van der Waals surface area (Å²) in [4.78, 5) is 24.2. The number of nitrogens with one attached hydrogen (secondary N) is 1. The highest BCUT2D eigenvalue weighted by Gasteiger charge is 2.39. The molecule has 2 heterocycles. The number of fused-ring (bicyclic) bond motifs is 1. The van der Waals surface area contributed by atoms with Crippen LogP contribution in [0.5, 0.6) is 5.75 Å². The third-order valence-corrected chi connectivity index (χ3v) is 6.69. The minimum atomic E-state index is -3.13. The molecule has 7 nitrogen and oxygen atoms in total. The minimum Gasteiger partial charge on any atom is -0.492 e. The van der Waals surface area contributed by atoms with E-state index in [9.17, 15) is 18.0 Å². The molecule has 0 spiro atoms. The van der Waals surface area contributed by atoms with E-state index in [1.807, 2.05) is 0 Å². The first-order valence-corrected chi connectivity index (χ1v) is 10.5. The Kier molecular flexibility index (Phi) is 5.16. The molecule has 0 radical (unpaired) electrons. The molecule has 1 aromatic carbocycles. The summed E-state index contributed by atoms with van der Waals surface area (Å²) in [5.74, 6) is -0.936. The van der Waals surface area contributed by atoms with Crippen molar-refractivity contribution in [1.82, 2.24) is 5.32 Å². The Morgan fingerprint density at radius 2 is 2.19 bits per heavy atom. The lowest BCUT2D eigenvalue weighted by Gasteiger charge is -2.25. The van der Waals surface area contributed by atoms with Crippen molar-refractivity contribution in [2.45, 2.75) is 25.3 Å². The van der Waals surface area contributed by atoms with Crippen molar-refractivity contribution >= 4 is 33.3 Å². The number of amides is 1. The van der Waals surface area contributed by atoms with E-state index in [2.05, 4.69) is 5.32 Å². The van der Waals surface area contributed by atoms with Gasteiger partial charge in [0.1, 0.15) is 12.4 Å². The van der Waals surface area contributed by atoms with E-state index in [0.717, 1.165) is 5.56 Å². The van der Waals surface area contributed by atoms with Crippen LogP contribution in [0.3, 0.4) is 0 Å². The summed E-state index contributed by atoms with van der Waals surface area (Å²) in [7, 11) is -3.13. The fourth-order valence-electron chi connectivity index (χ4n) is 3.25. The highest BCUT2D eigenvalue weighted by Crippen LogP contribution is 2.30. The second kappa shape index (κ2) is 7.08. The molecule has 3 rings (SSSR count). The predicted octanol–water partition coefficient (Wildman–Crippen LogP) is 1.13. The van der Waals surface area contributed by atoms with Gasteiger partial charge in [-0.15, -0.1) is 0 Å². The van der Waals surface area contributed by atoms with Gasteiger partial charge in [0.15, 0.2) is 16.4 Å².